The molecule has 0 saturated heterocycles. The molecule has 0 fully saturated rings. The summed E-state index contributed by atoms with van der Waals surface area (Å²) in [5.41, 5.74) is 0. The molecule has 0 amide bonds. The molecule has 0 spiro atoms. The van der Waals surface area contributed by atoms with Gasteiger partial charge in [0, 0.05) is 39.8 Å². The Morgan fingerprint density at radius 3 is 2.56 bits per heavy atom. The zero-order valence-electron chi connectivity index (χ0n) is 15.6. The summed E-state index contributed by atoms with van der Waals surface area (Å²) >= 11 is 0. The van der Waals surface area contributed by atoms with Crippen molar-refractivity contribution in [2.75, 3.05) is 53.2 Å². The Balaban J connectivity index is 2.08. The summed E-state index contributed by atoms with van der Waals surface area (Å²) in [6, 6.07) is 9.87. The molecular formula is C19H33N3O3. The predicted molar refractivity (Wildman–Crippen MR) is 102 cm³/mol. The molecule has 0 saturated carbocycles. The second-order valence-corrected chi connectivity index (χ2v) is 5.51. The average Bonchev–Trinajstić information content (AvgIpc) is 2.64. The first-order valence-corrected chi connectivity index (χ1v) is 9.13. The van der Waals surface area contributed by atoms with E-state index in [-0.39, 0.29) is 0 Å². The molecular weight excluding hydrogens is 318 g/mol. The first-order chi connectivity index (χ1) is 12.4. The summed E-state index contributed by atoms with van der Waals surface area (Å²) in [5, 5.41) is 6.61. The summed E-state index contributed by atoms with van der Waals surface area (Å²) < 4.78 is 16.1. The summed E-state index contributed by atoms with van der Waals surface area (Å²) in [6.45, 7) is 7.32. The quantitative estimate of drug-likeness (QED) is 0.306. The zero-order chi connectivity index (χ0) is 18.0. The average molecular weight is 351 g/mol. The van der Waals surface area contributed by atoms with Crippen LogP contribution in [0.2, 0.25) is 0 Å². The lowest BCUT2D eigenvalue weighted by Gasteiger charge is -2.11. The first-order valence-electron chi connectivity index (χ1n) is 9.13. The van der Waals surface area contributed by atoms with Crippen LogP contribution in [0.1, 0.15) is 26.2 Å². The van der Waals surface area contributed by atoms with E-state index in [1.54, 1.807) is 7.11 Å². The highest BCUT2D eigenvalue weighted by Crippen LogP contribution is 2.08. The molecule has 1 aromatic rings. The third-order valence-corrected chi connectivity index (χ3v) is 3.37. The minimum atomic E-state index is 0.656. The largest absolute Gasteiger partial charge is 0.494 e. The van der Waals surface area contributed by atoms with Crippen molar-refractivity contribution in [2.24, 2.45) is 4.99 Å². The zero-order valence-corrected chi connectivity index (χ0v) is 15.6. The van der Waals surface area contributed by atoms with Gasteiger partial charge in [-0.25, -0.2) is 0 Å². The van der Waals surface area contributed by atoms with Crippen LogP contribution in [0.4, 0.5) is 0 Å². The predicted octanol–water partition coefficient (Wildman–Crippen LogP) is 2.45. The number of hydrogen-bond acceptors (Lipinski definition) is 4. The van der Waals surface area contributed by atoms with Crippen LogP contribution in [-0.4, -0.2) is 59.1 Å². The smallest absolute Gasteiger partial charge is 0.191 e. The number of unbranched alkanes of at least 4 members (excludes halogenated alkanes) is 1. The minimum absolute atomic E-state index is 0.656. The number of benzene rings is 1. The fourth-order valence-electron chi connectivity index (χ4n) is 2.08. The van der Waals surface area contributed by atoms with Crippen LogP contribution in [0, 0.1) is 0 Å². The van der Waals surface area contributed by atoms with Crippen LogP contribution < -0.4 is 15.4 Å². The van der Waals surface area contributed by atoms with Gasteiger partial charge in [0.1, 0.15) is 5.75 Å². The molecule has 0 aliphatic rings. The first kappa shape index (κ1) is 21.3. The molecule has 0 aliphatic carbocycles. The fraction of sp³-hybridized carbons (Fsp3) is 0.632. The number of para-hydroxylation sites is 1. The van der Waals surface area contributed by atoms with Crippen molar-refractivity contribution in [3.05, 3.63) is 30.3 Å². The van der Waals surface area contributed by atoms with Gasteiger partial charge in [0.2, 0.25) is 0 Å². The van der Waals surface area contributed by atoms with Crippen LogP contribution >= 0.6 is 0 Å². The molecule has 0 atom stereocenters. The van der Waals surface area contributed by atoms with Gasteiger partial charge in [-0.3, -0.25) is 4.99 Å². The third-order valence-electron chi connectivity index (χ3n) is 3.37. The van der Waals surface area contributed by atoms with Gasteiger partial charge in [-0.15, -0.1) is 0 Å². The van der Waals surface area contributed by atoms with E-state index in [4.69, 9.17) is 14.2 Å². The summed E-state index contributed by atoms with van der Waals surface area (Å²) in [6.07, 6.45) is 2.97. The monoisotopic (exact) mass is 351 g/mol. The molecule has 6 heteroatoms. The number of hydrogen-bond donors (Lipinski definition) is 2. The number of guanidine groups is 1. The van der Waals surface area contributed by atoms with E-state index >= 15 is 0 Å². The van der Waals surface area contributed by atoms with Crippen LogP contribution in [0.25, 0.3) is 0 Å². The molecule has 1 aromatic carbocycles. The molecule has 142 valence electrons. The van der Waals surface area contributed by atoms with Crippen LogP contribution in [0.3, 0.4) is 0 Å². The highest BCUT2D eigenvalue weighted by atomic mass is 16.5. The second-order valence-electron chi connectivity index (χ2n) is 5.51. The molecule has 0 aromatic heterocycles. The van der Waals surface area contributed by atoms with E-state index in [0.29, 0.717) is 19.8 Å². The molecule has 2 N–H and O–H groups in total. The summed E-state index contributed by atoms with van der Waals surface area (Å²) in [4.78, 5) is 4.57. The molecule has 0 heterocycles. The van der Waals surface area contributed by atoms with E-state index in [1.807, 2.05) is 30.3 Å². The van der Waals surface area contributed by atoms with E-state index in [9.17, 15) is 0 Å². The van der Waals surface area contributed by atoms with Gasteiger partial charge in [-0.1, -0.05) is 18.2 Å². The maximum absolute atomic E-state index is 5.67. The highest BCUT2D eigenvalue weighted by molar-refractivity contribution is 5.79. The fourth-order valence-corrected chi connectivity index (χ4v) is 2.08. The van der Waals surface area contributed by atoms with Crippen molar-refractivity contribution >= 4 is 5.96 Å². The lowest BCUT2D eigenvalue weighted by Crippen LogP contribution is -2.38. The second kappa shape index (κ2) is 15.7. The Morgan fingerprint density at radius 1 is 0.960 bits per heavy atom. The Bertz CT molecular complexity index is 441. The molecule has 0 unspecified atom stereocenters. The minimum Gasteiger partial charge on any atom is -0.494 e. The number of nitrogens with one attached hydrogen (secondary N) is 2. The van der Waals surface area contributed by atoms with Crippen molar-refractivity contribution in [1.29, 1.82) is 0 Å². The van der Waals surface area contributed by atoms with E-state index in [0.717, 1.165) is 57.2 Å². The highest BCUT2D eigenvalue weighted by Gasteiger charge is 1.97. The molecule has 0 bridgehead atoms. The summed E-state index contributed by atoms with van der Waals surface area (Å²) in [7, 11) is 1.68. The molecule has 6 nitrogen and oxygen atoms in total. The van der Waals surface area contributed by atoms with Crippen molar-refractivity contribution < 1.29 is 14.2 Å². The number of ether oxygens (including phenoxy) is 3. The van der Waals surface area contributed by atoms with E-state index in [2.05, 4.69) is 22.5 Å². The standard InChI is InChI=1S/C19H33N3O3/c1-3-20-19(21-12-7-8-14-24-17-16-23-2)22-13-9-15-25-18-10-5-4-6-11-18/h4-6,10-11H,3,7-9,12-17H2,1-2H3,(H2,20,21,22). The van der Waals surface area contributed by atoms with Crippen molar-refractivity contribution in [1.82, 2.24) is 10.6 Å². The third kappa shape index (κ3) is 12.3. The van der Waals surface area contributed by atoms with Crippen LogP contribution in [0.5, 0.6) is 5.75 Å². The SMILES string of the molecule is CCNC(=NCCCOc1ccccc1)NCCCCOCCOC. The maximum Gasteiger partial charge on any atom is 0.191 e. The number of methoxy groups -OCH3 is 1. The Morgan fingerprint density at radius 2 is 1.80 bits per heavy atom. The van der Waals surface area contributed by atoms with Crippen molar-refractivity contribution in [2.45, 2.75) is 26.2 Å². The number of rotatable bonds is 14. The Labute approximate surface area is 152 Å². The molecule has 0 aliphatic heterocycles. The Hall–Kier alpha value is -1.79. The van der Waals surface area contributed by atoms with Gasteiger partial charge < -0.3 is 24.8 Å². The number of nitrogens with zero attached hydrogens (tertiary/aromatic N) is 1. The van der Waals surface area contributed by atoms with Gasteiger partial charge >= 0.3 is 0 Å². The topological polar surface area (TPSA) is 64.1 Å². The van der Waals surface area contributed by atoms with Gasteiger partial charge in [0.25, 0.3) is 0 Å². The summed E-state index contributed by atoms with van der Waals surface area (Å²) in [5.74, 6) is 1.77. The van der Waals surface area contributed by atoms with Crippen molar-refractivity contribution in [3.8, 4) is 5.75 Å². The lowest BCUT2D eigenvalue weighted by molar-refractivity contribution is 0.0689. The molecule has 25 heavy (non-hydrogen) atoms. The van der Waals surface area contributed by atoms with E-state index in [1.165, 1.54) is 0 Å². The van der Waals surface area contributed by atoms with Crippen LogP contribution in [0.15, 0.2) is 35.3 Å². The normalized spacial score (nSPS) is 11.4. The number of aliphatic imine (C=N–C) groups is 1. The van der Waals surface area contributed by atoms with Gasteiger partial charge in [0.15, 0.2) is 5.96 Å². The van der Waals surface area contributed by atoms with Crippen LogP contribution in [-0.2, 0) is 9.47 Å². The molecule has 0 radical (unpaired) electrons. The van der Waals surface area contributed by atoms with Gasteiger partial charge in [-0.05, 0) is 31.9 Å². The maximum atomic E-state index is 5.67. The van der Waals surface area contributed by atoms with E-state index < -0.39 is 0 Å². The Kier molecular flexibility index (Phi) is 13.4. The molecule has 1 rings (SSSR count). The van der Waals surface area contributed by atoms with Crippen molar-refractivity contribution in [3.63, 3.8) is 0 Å². The lowest BCUT2D eigenvalue weighted by atomic mass is 10.3. The van der Waals surface area contributed by atoms with Gasteiger partial charge in [0.05, 0.1) is 19.8 Å². The van der Waals surface area contributed by atoms with Gasteiger partial charge in [-0.2, -0.15) is 0 Å².